The summed E-state index contributed by atoms with van der Waals surface area (Å²) in [4.78, 5) is 0. The van der Waals surface area contributed by atoms with E-state index in [9.17, 15) is 5.11 Å². The summed E-state index contributed by atoms with van der Waals surface area (Å²) in [5.74, 6) is 0. The molecule has 1 aromatic carbocycles. The van der Waals surface area contributed by atoms with Crippen molar-refractivity contribution >= 4 is 11.6 Å². The molecule has 2 unspecified atom stereocenters. The second-order valence-corrected chi connectivity index (χ2v) is 5.68. The van der Waals surface area contributed by atoms with Gasteiger partial charge in [0.2, 0.25) is 0 Å². The van der Waals surface area contributed by atoms with Gasteiger partial charge in [-0.1, -0.05) is 43.0 Å². The summed E-state index contributed by atoms with van der Waals surface area (Å²) in [5.41, 5.74) is 2.29. The zero-order valence-corrected chi connectivity index (χ0v) is 11.7. The van der Waals surface area contributed by atoms with Crippen LogP contribution in [0.1, 0.15) is 43.2 Å². The maximum absolute atomic E-state index is 10.0. The van der Waals surface area contributed by atoms with Crippen LogP contribution in [0.25, 0.3) is 0 Å². The van der Waals surface area contributed by atoms with E-state index in [1.807, 2.05) is 19.1 Å². The Morgan fingerprint density at radius 3 is 2.83 bits per heavy atom. The van der Waals surface area contributed by atoms with Crippen LogP contribution in [-0.4, -0.2) is 17.3 Å². The largest absolute Gasteiger partial charge is 0.392 e. The molecule has 0 spiro atoms. The molecule has 0 radical (unpaired) electrons. The van der Waals surface area contributed by atoms with Crippen molar-refractivity contribution in [1.82, 2.24) is 5.32 Å². The molecule has 0 heterocycles. The average Bonchev–Trinajstić information content (AvgIpc) is 2.56. The molecule has 0 aliphatic heterocycles. The minimum absolute atomic E-state index is 0.201. The molecule has 2 rings (SSSR count). The minimum Gasteiger partial charge on any atom is -0.392 e. The second kappa shape index (κ2) is 6.55. The topological polar surface area (TPSA) is 32.3 Å². The van der Waals surface area contributed by atoms with Crippen LogP contribution in [0.4, 0.5) is 0 Å². The van der Waals surface area contributed by atoms with Gasteiger partial charge >= 0.3 is 0 Å². The van der Waals surface area contributed by atoms with Crippen LogP contribution in [0.2, 0.25) is 5.02 Å². The number of aliphatic hydroxyl groups is 1. The van der Waals surface area contributed by atoms with E-state index in [0.717, 1.165) is 36.4 Å². The summed E-state index contributed by atoms with van der Waals surface area (Å²) in [7, 11) is 0. The van der Waals surface area contributed by atoms with E-state index in [4.69, 9.17) is 11.6 Å². The first-order valence-corrected chi connectivity index (χ1v) is 7.21. The highest BCUT2D eigenvalue weighted by molar-refractivity contribution is 6.31. The molecule has 100 valence electrons. The van der Waals surface area contributed by atoms with Gasteiger partial charge < -0.3 is 10.4 Å². The first-order chi connectivity index (χ1) is 8.66. The predicted molar refractivity (Wildman–Crippen MR) is 75.9 cm³/mol. The molecule has 1 aliphatic carbocycles. The maximum Gasteiger partial charge on any atom is 0.0693 e. The van der Waals surface area contributed by atoms with E-state index >= 15 is 0 Å². The lowest BCUT2D eigenvalue weighted by molar-refractivity contribution is 0.119. The van der Waals surface area contributed by atoms with Crippen molar-refractivity contribution in [3.8, 4) is 0 Å². The van der Waals surface area contributed by atoms with Crippen LogP contribution in [-0.2, 0) is 6.54 Å². The van der Waals surface area contributed by atoms with E-state index in [1.54, 1.807) is 0 Å². The number of hydrogen-bond donors (Lipinski definition) is 2. The van der Waals surface area contributed by atoms with Gasteiger partial charge in [-0.25, -0.2) is 0 Å². The predicted octanol–water partition coefficient (Wildman–Crippen LogP) is 3.43. The van der Waals surface area contributed by atoms with Crippen molar-refractivity contribution in [2.45, 2.75) is 57.7 Å². The number of aliphatic hydroxyl groups excluding tert-OH is 1. The third-order valence-electron chi connectivity index (χ3n) is 3.78. The summed E-state index contributed by atoms with van der Waals surface area (Å²) in [6.07, 6.45) is 5.39. The Morgan fingerprint density at radius 2 is 2.06 bits per heavy atom. The van der Waals surface area contributed by atoms with Crippen LogP contribution in [0, 0.1) is 6.92 Å². The molecule has 0 bridgehead atoms. The van der Waals surface area contributed by atoms with Crippen molar-refractivity contribution in [3.63, 3.8) is 0 Å². The molecule has 2 nitrogen and oxygen atoms in total. The lowest BCUT2D eigenvalue weighted by Gasteiger charge is -2.22. The van der Waals surface area contributed by atoms with Crippen LogP contribution in [0.15, 0.2) is 18.2 Å². The lowest BCUT2D eigenvalue weighted by atomic mass is 10.1. The molecule has 1 saturated carbocycles. The zero-order chi connectivity index (χ0) is 13.0. The summed E-state index contributed by atoms with van der Waals surface area (Å²) < 4.78 is 0. The van der Waals surface area contributed by atoms with Gasteiger partial charge in [0.1, 0.15) is 0 Å². The quantitative estimate of drug-likeness (QED) is 0.823. The Labute approximate surface area is 114 Å². The fourth-order valence-electron chi connectivity index (χ4n) is 2.52. The van der Waals surface area contributed by atoms with Crippen molar-refractivity contribution in [3.05, 3.63) is 34.3 Å². The van der Waals surface area contributed by atoms with Gasteiger partial charge in [0.25, 0.3) is 0 Å². The standard InChI is InChI=1S/C15H22ClNO/c1-11-7-8-12(9-13(11)16)10-17-14-5-3-2-4-6-15(14)18/h7-9,14-15,17-18H,2-6,10H2,1H3. The summed E-state index contributed by atoms with van der Waals surface area (Å²) in [6.45, 7) is 2.79. The van der Waals surface area contributed by atoms with Crippen molar-refractivity contribution in [1.29, 1.82) is 0 Å². The molecule has 3 heteroatoms. The molecule has 2 N–H and O–H groups in total. The molecular weight excluding hydrogens is 246 g/mol. The molecule has 1 aromatic rings. The van der Waals surface area contributed by atoms with Gasteiger partial charge in [-0.3, -0.25) is 0 Å². The highest BCUT2D eigenvalue weighted by atomic mass is 35.5. The highest BCUT2D eigenvalue weighted by Crippen LogP contribution is 2.20. The van der Waals surface area contributed by atoms with E-state index < -0.39 is 0 Å². The fraction of sp³-hybridized carbons (Fsp3) is 0.600. The zero-order valence-electron chi connectivity index (χ0n) is 11.0. The Kier molecular flexibility index (Phi) is 5.04. The van der Waals surface area contributed by atoms with E-state index in [-0.39, 0.29) is 12.1 Å². The SMILES string of the molecule is Cc1ccc(CNC2CCCCCC2O)cc1Cl. The summed E-state index contributed by atoms with van der Waals surface area (Å²) in [6, 6.07) is 6.38. The van der Waals surface area contributed by atoms with Gasteiger partial charge in [0.15, 0.2) is 0 Å². The summed E-state index contributed by atoms with van der Waals surface area (Å²) in [5, 5.41) is 14.3. The lowest BCUT2D eigenvalue weighted by Crippen LogP contribution is -2.38. The van der Waals surface area contributed by atoms with Gasteiger partial charge in [0, 0.05) is 17.6 Å². The monoisotopic (exact) mass is 267 g/mol. The van der Waals surface area contributed by atoms with E-state index in [2.05, 4.69) is 11.4 Å². The number of hydrogen-bond acceptors (Lipinski definition) is 2. The van der Waals surface area contributed by atoms with Crippen LogP contribution in [0.5, 0.6) is 0 Å². The third-order valence-corrected chi connectivity index (χ3v) is 4.19. The normalized spacial score (nSPS) is 24.8. The molecule has 0 amide bonds. The number of nitrogens with one attached hydrogen (secondary N) is 1. The Bertz CT molecular complexity index is 394. The first-order valence-electron chi connectivity index (χ1n) is 6.83. The van der Waals surface area contributed by atoms with E-state index in [0.29, 0.717) is 0 Å². The summed E-state index contributed by atoms with van der Waals surface area (Å²) >= 11 is 6.11. The van der Waals surface area contributed by atoms with Crippen molar-refractivity contribution < 1.29 is 5.11 Å². The van der Waals surface area contributed by atoms with Crippen LogP contribution in [0.3, 0.4) is 0 Å². The molecule has 1 fully saturated rings. The van der Waals surface area contributed by atoms with Crippen molar-refractivity contribution in [2.24, 2.45) is 0 Å². The number of benzene rings is 1. The first kappa shape index (κ1) is 13.9. The van der Waals surface area contributed by atoms with Crippen LogP contribution < -0.4 is 5.32 Å². The molecule has 0 aromatic heterocycles. The van der Waals surface area contributed by atoms with Crippen LogP contribution >= 0.6 is 11.6 Å². The van der Waals surface area contributed by atoms with Crippen molar-refractivity contribution in [2.75, 3.05) is 0 Å². The molecule has 18 heavy (non-hydrogen) atoms. The highest BCUT2D eigenvalue weighted by Gasteiger charge is 2.20. The van der Waals surface area contributed by atoms with Gasteiger partial charge in [0.05, 0.1) is 6.10 Å². The number of rotatable bonds is 3. The number of halogens is 1. The minimum atomic E-state index is -0.201. The van der Waals surface area contributed by atoms with Gasteiger partial charge in [-0.15, -0.1) is 0 Å². The third kappa shape index (κ3) is 3.71. The molecule has 2 atom stereocenters. The van der Waals surface area contributed by atoms with E-state index in [1.165, 1.54) is 18.4 Å². The Morgan fingerprint density at radius 1 is 1.28 bits per heavy atom. The van der Waals surface area contributed by atoms with Gasteiger partial charge in [-0.05, 0) is 37.0 Å². The molecule has 0 saturated heterocycles. The molecule has 1 aliphatic rings. The maximum atomic E-state index is 10.0. The molecular formula is C15H22ClNO. The second-order valence-electron chi connectivity index (χ2n) is 5.28. The Hall–Kier alpha value is -0.570. The fourth-order valence-corrected chi connectivity index (χ4v) is 2.72. The number of aryl methyl sites for hydroxylation is 1. The average molecular weight is 268 g/mol. The Balaban J connectivity index is 1.91. The van der Waals surface area contributed by atoms with Gasteiger partial charge in [-0.2, -0.15) is 0 Å². The smallest absolute Gasteiger partial charge is 0.0693 e.